The first-order valence-corrected chi connectivity index (χ1v) is 12.1. The third-order valence-corrected chi connectivity index (χ3v) is 6.87. The number of carbonyl (C=O) groups is 2. The van der Waals surface area contributed by atoms with Gasteiger partial charge in [0.15, 0.2) is 0 Å². The zero-order valence-corrected chi connectivity index (χ0v) is 19.9. The van der Waals surface area contributed by atoms with Gasteiger partial charge in [-0.2, -0.15) is 4.72 Å². The molecule has 3 rings (SSSR count). The molecular formula is C23H29N3O6S. The lowest BCUT2D eigenvalue weighted by Crippen LogP contribution is -2.47. The number of hydrogen-bond donors (Lipinski definition) is 2. The third kappa shape index (κ3) is 5.63. The lowest BCUT2D eigenvalue weighted by Gasteiger charge is -2.23. The highest BCUT2D eigenvalue weighted by atomic mass is 32.2. The predicted molar refractivity (Wildman–Crippen MR) is 125 cm³/mol. The highest BCUT2D eigenvalue weighted by Crippen LogP contribution is 2.34. The molecule has 1 atom stereocenters. The molecule has 2 aromatic carbocycles. The number of hydrogen-bond acceptors (Lipinski definition) is 6. The minimum atomic E-state index is -3.95. The van der Waals surface area contributed by atoms with Crippen molar-refractivity contribution < 1.29 is 27.5 Å². The molecular weight excluding hydrogens is 446 g/mol. The summed E-state index contributed by atoms with van der Waals surface area (Å²) in [7, 11) is -0.940. The number of anilines is 2. The zero-order chi connectivity index (χ0) is 24.2. The fourth-order valence-electron chi connectivity index (χ4n) is 3.58. The normalized spacial score (nSPS) is 14.9. The number of ether oxygens (including phenoxy) is 2. The summed E-state index contributed by atoms with van der Waals surface area (Å²) in [6.07, 6.45) is 1.21. The van der Waals surface area contributed by atoms with E-state index in [1.165, 1.54) is 38.5 Å². The molecule has 1 heterocycles. The van der Waals surface area contributed by atoms with Crippen molar-refractivity contribution in [3.8, 4) is 11.5 Å². The molecule has 1 saturated heterocycles. The van der Waals surface area contributed by atoms with Crippen molar-refractivity contribution in [1.29, 1.82) is 0 Å². The van der Waals surface area contributed by atoms with Crippen molar-refractivity contribution in [3.05, 3.63) is 42.5 Å². The number of sulfonamides is 1. The molecule has 0 bridgehead atoms. The monoisotopic (exact) mass is 475 g/mol. The molecule has 33 heavy (non-hydrogen) atoms. The first kappa shape index (κ1) is 24.5. The number of benzene rings is 2. The summed E-state index contributed by atoms with van der Waals surface area (Å²) in [6.45, 7) is 4.08. The first-order valence-electron chi connectivity index (χ1n) is 10.6. The molecule has 0 spiro atoms. The van der Waals surface area contributed by atoms with Gasteiger partial charge in [0.2, 0.25) is 21.8 Å². The predicted octanol–water partition coefficient (Wildman–Crippen LogP) is 2.77. The van der Waals surface area contributed by atoms with E-state index in [1.807, 2.05) is 0 Å². The van der Waals surface area contributed by atoms with Gasteiger partial charge in [-0.3, -0.25) is 9.59 Å². The molecule has 10 heteroatoms. The fraction of sp³-hybridized carbons (Fsp3) is 0.391. The molecule has 178 valence electrons. The van der Waals surface area contributed by atoms with Crippen molar-refractivity contribution in [2.45, 2.75) is 37.6 Å². The summed E-state index contributed by atoms with van der Waals surface area (Å²) in [5, 5.41) is 2.77. The van der Waals surface area contributed by atoms with E-state index in [9.17, 15) is 18.0 Å². The summed E-state index contributed by atoms with van der Waals surface area (Å²) in [5.41, 5.74) is 1.00. The van der Waals surface area contributed by atoms with Crippen LogP contribution in [0.1, 0.15) is 26.7 Å². The van der Waals surface area contributed by atoms with Gasteiger partial charge in [0.25, 0.3) is 0 Å². The van der Waals surface area contributed by atoms with Crippen LogP contribution >= 0.6 is 0 Å². The van der Waals surface area contributed by atoms with Gasteiger partial charge in [-0.05, 0) is 54.8 Å². The molecule has 9 nitrogen and oxygen atoms in total. The molecule has 0 unspecified atom stereocenters. The summed E-state index contributed by atoms with van der Waals surface area (Å²) < 4.78 is 38.7. The van der Waals surface area contributed by atoms with Crippen LogP contribution in [0.3, 0.4) is 0 Å². The van der Waals surface area contributed by atoms with Gasteiger partial charge in [-0.15, -0.1) is 0 Å². The van der Waals surface area contributed by atoms with E-state index in [1.54, 1.807) is 36.9 Å². The second kappa shape index (κ2) is 10.2. The average molecular weight is 476 g/mol. The first-order chi connectivity index (χ1) is 15.7. The van der Waals surface area contributed by atoms with E-state index in [0.717, 1.165) is 6.42 Å². The molecule has 0 radical (unpaired) electrons. The lowest BCUT2D eigenvalue weighted by atomic mass is 10.0. The summed E-state index contributed by atoms with van der Waals surface area (Å²) in [6, 6.07) is 9.87. The van der Waals surface area contributed by atoms with Gasteiger partial charge < -0.3 is 19.7 Å². The molecule has 2 amide bonds. The highest BCUT2D eigenvalue weighted by molar-refractivity contribution is 7.89. The van der Waals surface area contributed by atoms with Crippen molar-refractivity contribution in [2.75, 3.05) is 31.0 Å². The fourth-order valence-corrected chi connectivity index (χ4v) is 4.93. The molecule has 2 N–H and O–H groups in total. The van der Waals surface area contributed by atoms with Gasteiger partial charge in [0.1, 0.15) is 17.5 Å². The molecule has 2 aromatic rings. The van der Waals surface area contributed by atoms with Crippen LogP contribution in [0, 0.1) is 5.92 Å². The van der Waals surface area contributed by atoms with Gasteiger partial charge in [-0.1, -0.05) is 13.8 Å². The topological polar surface area (TPSA) is 114 Å². The van der Waals surface area contributed by atoms with Crippen LogP contribution in [0.2, 0.25) is 0 Å². The Hall–Kier alpha value is -3.11. The van der Waals surface area contributed by atoms with Crippen LogP contribution in [-0.4, -0.2) is 47.0 Å². The molecule has 1 aliphatic heterocycles. The third-order valence-electron chi connectivity index (χ3n) is 5.41. The van der Waals surface area contributed by atoms with E-state index >= 15 is 0 Å². The Morgan fingerprint density at radius 1 is 1.06 bits per heavy atom. The number of nitrogens with zero attached hydrogens (tertiary/aromatic N) is 1. The van der Waals surface area contributed by atoms with Gasteiger partial charge in [-0.25, -0.2) is 8.42 Å². The maximum absolute atomic E-state index is 13.0. The minimum absolute atomic E-state index is 0.0101. The maximum Gasteiger partial charge on any atom is 0.242 e. The van der Waals surface area contributed by atoms with E-state index < -0.39 is 22.0 Å². The Labute approximate surface area is 194 Å². The zero-order valence-electron chi connectivity index (χ0n) is 19.1. The lowest BCUT2D eigenvalue weighted by molar-refractivity contribution is -0.118. The largest absolute Gasteiger partial charge is 0.497 e. The molecule has 0 aromatic heterocycles. The number of nitrogens with one attached hydrogen (secondary N) is 2. The smallest absolute Gasteiger partial charge is 0.242 e. The van der Waals surface area contributed by atoms with Crippen LogP contribution in [0.5, 0.6) is 11.5 Å². The average Bonchev–Trinajstić information content (AvgIpc) is 3.22. The molecule has 1 fully saturated rings. The standard InChI is InChI=1S/C23H29N3O6S/c1-15(2)22(25-33(29,30)18-10-8-17(31-3)9-11-18)23(28)24-16-7-12-20(32-4)19(14-16)26-13-5-6-21(26)27/h7-12,14-15,22,25H,5-6,13H2,1-4H3,(H,24,28)/t22-/m0/s1. The van der Waals surface area contributed by atoms with Gasteiger partial charge in [0.05, 0.1) is 24.8 Å². The van der Waals surface area contributed by atoms with Gasteiger partial charge >= 0.3 is 0 Å². The SMILES string of the molecule is COc1ccc(S(=O)(=O)N[C@H](C(=O)Nc2ccc(OC)c(N3CCCC3=O)c2)C(C)C)cc1. The van der Waals surface area contributed by atoms with Crippen LogP contribution < -0.4 is 24.4 Å². The molecule has 1 aliphatic rings. The van der Waals surface area contributed by atoms with E-state index in [0.29, 0.717) is 35.8 Å². The van der Waals surface area contributed by atoms with E-state index in [-0.39, 0.29) is 16.7 Å². The number of carbonyl (C=O) groups excluding carboxylic acids is 2. The van der Waals surface area contributed by atoms with E-state index in [4.69, 9.17) is 9.47 Å². The van der Waals surface area contributed by atoms with Crippen LogP contribution in [0.4, 0.5) is 11.4 Å². The Morgan fingerprint density at radius 3 is 2.30 bits per heavy atom. The number of amides is 2. The van der Waals surface area contributed by atoms with Crippen molar-refractivity contribution in [1.82, 2.24) is 4.72 Å². The summed E-state index contributed by atoms with van der Waals surface area (Å²) >= 11 is 0. The Balaban J connectivity index is 1.81. The van der Waals surface area contributed by atoms with Crippen LogP contribution in [-0.2, 0) is 19.6 Å². The number of methoxy groups -OCH3 is 2. The number of rotatable bonds is 9. The highest BCUT2D eigenvalue weighted by Gasteiger charge is 2.29. The molecule has 0 aliphatic carbocycles. The Bertz CT molecular complexity index is 1120. The van der Waals surface area contributed by atoms with Crippen molar-refractivity contribution in [3.63, 3.8) is 0 Å². The maximum atomic E-state index is 13.0. The second-order valence-electron chi connectivity index (χ2n) is 8.04. The Morgan fingerprint density at radius 2 is 1.76 bits per heavy atom. The van der Waals surface area contributed by atoms with Crippen LogP contribution in [0.25, 0.3) is 0 Å². The molecule has 0 saturated carbocycles. The Kier molecular flexibility index (Phi) is 7.60. The van der Waals surface area contributed by atoms with Crippen LogP contribution in [0.15, 0.2) is 47.4 Å². The second-order valence-corrected chi connectivity index (χ2v) is 9.76. The summed E-state index contributed by atoms with van der Waals surface area (Å²) in [4.78, 5) is 26.9. The van der Waals surface area contributed by atoms with Gasteiger partial charge in [0, 0.05) is 18.7 Å². The minimum Gasteiger partial charge on any atom is -0.497 e. The van der Waals surface area contributed by atoms with Crippen molar-refractivity contribution >= 4 is 33.2 Å². The van der Waals surface area contributed by atoms with Crippen molar-refractivity contribution in [2.24, 2.45) is 5.92 Å². The quantitative estimate of drug-likeness (QED) is 0.577. The summed E-state index contributed by atoms with van der Waals surface area (Å²) in [5.74, 6) is 0.203. The van der Waals surface area contributed by atoms with E-state index in [2.05, 4.69) is 10.0 Å².